The number of benzene rings is 1. The Kier molecular flexibility index (Phi) is 3.59. The summed E-state index contributed by atoms with van der Waals surface area (Å²) in [6, 6.07) is 2.62. The summed E-state index contributed by atoms with van der Waals surface area (Å²) < 4.78 is 49.3. The highest BCUT2D eigenvalue weighted by molar-refractivity contribution is 5.94. The maximum atomic E-state index is 13.2. The van der Waals surface area contributed by atoms with Gasteiger partial charge in [-0.15, -0.1) is 0 Å². The molecule has 0 unspecified atom stereocenters. The Morgan fingerprint density at radius 2 is 2.00 bits per heavy atom. The number of phenols is 1. The normalized spacial score (nSPS) is 11.4. The third kappa shape index (κ3) is 3.61. The lowest BCUT2D eigenvalue weighted by atomic mass is 10.2. The van der Waals surface area contributed by atoms with E-state index in [1.165, 1.54) is 0 Å². The molecule has 0 heterocycles. The van der Waals surface area contributed by atoms with Crippen molar-refractivity contribution in [2.24, 2.45) is 0 Å². The van der Waals surface area contributed by atoms with Gasteiger partial charge in [0.05, 0.1) is 5.56 Å². The highest BCUT2D eigenvalue weighted by atomic mass is 19.4. The summed E-state index contributed by atoms with van der Waals surface area (Å²) in [5, 5.41) is 8.90. The van der Waals surface area contributed by atoms with Crippen LogP contribution in [-0.4, -0.2) is 35.7 Å². The molecule has 0 aliphatic rings. The van der Waals surface area contributed by atoms with Crippen molar-refractivity contribution in [3.63, 3.8) is 0 Å². The molecule has 0 bridgehead atoms. The fourth-order valence-electron chi connectivity index (χ4n) is 1.22. The summed E-state index contributed by atoms with van der Waals surface area (Å²) >= 11 is 0. The Morgan fingerprint density at radius 1 is 1.41 bits per heavy atom. The van der Waals surface area contributed by atoms with Crippen molar-refractivity contribution in [3.05, 3.63) is 29.6 Å². The van der Waals surface area contributed by atoms with Crippen LogP contribution in [0.3, 0.4) is 0 Å². The zero-order chi connectivity index (χ0) is 13.2. The van der Waals surface area contributed by atoms with E-state index in [-0.39, 0.29) is 0 Å². The van der Waals surface area contributed by atoms with Crippen molar-refractivity contribution in [2.45, 2.75) is 6.18 Å². The van der Waals surface area contributed by atoms with Crippen LogP contribution in [-0.2, 0) is 0 Å². The highest BCUT2D eigenvalue weighted by Gasteiger charge is 2.32. The average molecular weight is 251 g/mol. The van der Waals surface area contributed by atoms with Crippen molar-refractivity contribution in [2.75, 3.05) is 13.6 Å². The van der Waals surface area contributed by atoms with Crippen LogP contribution in [0.1, 0.15) is 10.4 Å². The number of carbonyl (C=O) groups is 1. The van der Waals surface area contributed by atoms with Gasteiger partial charge in [-0.05, 0) is 12.1 Å². The van der Waals surface area contributed by atoms with Gasteiger partial charge in [-0.25, -0.2) is 4.39 Å². The predicted octanol–water partition coefficient (Wildman–Crippen LogP) is 2.17. The highest BCUT2D eigenvalue weighted by Crippen LogP contribution is 2.19. The molecule has 1 amide bonds. The van der Waals surface area contributed by atoms with Crippen LogP contribution < -0.4 is 0 Å². The van der Waals surface area contributed by atoms with E-state index in [4.69, 9.17) is 5.11 Å². The number of aromatic hydroxyl groups is 1. The standard InChI is InChI=1S/C10H9F4NO2/c1-15(5-10(12,13)14)9(17)7-3-2-6(16)4-8(7)11/h2-4,16H,5H2,1H3. The number of phenolic OH excluding ortho intramolecular Hbond substituents is 1. The first-order valence-electron chi connectivity index (χ1n) is 4.51. The van der Waals surface area contributed by atoms with Gasteiger partial charge in [0, 0.05) is 13.1 Å². The molecule has 0 aromatic heterocycles. The molecule has 0 saturated heterocycles. The van der Waals surface area contributed by atoms with Gasteiger partial charge in [0.2, 0.25) is 0 Å². The van der Waals surface area contributed by atoms with E-state index >= 15 is 0 Å². The predicted molar refractivity (Wildman–Crippen MR) is 51.1 cm³/mol. The molecule has 0 fully saturated rings. The monoisotopic (exact) mass is 251 g/mol. The minimum absolute atomic E-state index is 0.357. The van der Waals surface area contributed by atoms with Gasteiger partial charge in [-0.3, -0.25) is 4.79 Å². The molecule has 0 spiro atoms. The van der Waals surface area contributed by atoms with Crippen LogP contribution in [0.15, 0.2) is 18.2 Å². The van der Waals surface area contributed by atoms with Crippen molar-refractivity contribution in [1.82, 2.24) is 4.90 Å². The van der Waals surface area contributed by atoms with Crippen molar-refractivity contribution in [1.29, 1.82) is 0 Å². The Morgan fingerprint density at radius 3 is 2.47 bits per heavy atom. The Hall–Kier alpha value is -1.79. The van der Waals surface area contributed by atoms with Crippen LogP contribution in [0.25, 0.3) is 0 Å². The first kappa shape index (κ1) is 13.3. The van der Waals surface area contributed by atoms with Crippen molar-refractivity contribution < 1.29 is 27.5 Å². The lowest BCUT2D eigenvalue weighted by Crippen LogP contribution is -2.36. The number of alkyl halides is 3. The summed E-state index contributed by atoms with van der Waals surface area (Å²) in [5.41, 5.74) is -0.519. The lowest BCUT2D eigenvalue weighted by Gasteiger charge is -2.19. The van der Waals surface area contributed by atoms with Gasteiger partial charge in [0.15, 0.2) is 0 Å². The second-order valence-electron chi connectivity index (χ2n) is 3.44. The first-order chi connectivity index (χ1) is 7.70. The molecule has 1 aromatic rings. The molecule has 7 heteroatoms. The van der Waals surface area contributed by atoms with Crippen molar-refractivity contribution in [3.8, 4) is 5.75 Å². The quantitative estimate of drug-likeness (QED) is 0.818. The van der Waals surface area contributed by atoms with E-state index in [1.807, 2.05) is 0 Å². The summed E-state index contributed by atoms with van der Waals surface area (Å²) in [6.07, 6.45) is -4.54. The van der Waals surface area contributed by atoms with Gasteiger partial charge < -0.3 is 10.0 Å². The molecule has 0 aliphatic carbocycles. The Bertz CT molecular complexity index is 431. The molecule has 1 aromatic carbocycles. The van der Waals surface area contributed by atoms with E-state index in [2.05, 4.69) is 0 Å². The number of halogens is 4. The summed E-state index contributed by atoms with van der Waals surface area (Å²) in [4.78, 5) is 11.8. The van der Waals surface area contributed by atoms with E-state index in [0.717, 1.165) is 19.2 Å². The van der Waals surface area contributed by atoms with Gasteiger partial charge in [-0.2, -0.15) is 13.2 Å². The fourth-order valence-corrected chi connectivity index (χ4v) is 1.22. The zero-order valence-electron chi connectivity index (χ0n) is 8.75. The third-order valence-electron chi connectivity index (χ3n) is 1.95. The molecule has 1 N–H and O–H groups in total. The molecule has 0 saturated carbocycles. The number of rotatable bonds is 2. The average Bonchev–Trinajstić information content (AvgIpc) is 2.14. The van der Waals surface area contributed by atoms with E-state index in [0.29, 0.717) is 11.0 Å². The number of amides is 1. The first-order valence-corrected chi connectivity index (χ1v) is 4.51. The maximum absolute atomic E-state index is 13.2. The Labute approximate surface area is 94.3 Å². The van der Waals surface area contributed by atoms with Crippen LogP contribution in [0, 0.1) is 5.82 Å². The minimum atomic E-state index is -4.54. The number of hydrogen-bond donors (Lipinski definition) is 1. The van der Waals surface area contributed by atoms with Crippen LogP contribution in [0.5, 0.6) is 5.75 Å². The van der Waals surface area contributed by atoms with Crippen LogP contribution >= 0.6 is 0 Å². The molecule has 0 atom stereocenters. The number of carbonyl (C=O) groups excluding carboxylic acids is 1. The van der Waals surface area contributed by atoms with E-state index < -0.39 is 35.8 Å². The SMILES string of the molecule is CN(CC(F)(F)F)C(=O)c1ccc(O)cc1F. The maximum Gasteiger partial charge on any atom is 0.406 e. The van der Waals surface area contributed by atoms with Crippen LogP contribution in [0.2, 0.25) is 0 Å². The molecular weight excluding hydrogens is 242 g/mol. The minimum Gasteiger partial charge on any atom is -0.508 e. The molecule has 94 valence electrons. The van der Waals surface area contributed by atoms with E-state index in [9.17, 15) is 22.4 Å². The molecular formula is C10H9F4NO2. The molecule has 3 nitrogen and oxygen atoms in total. The zero-order valence-corrected chi connectivity index (χ0v) is 8.75. The molecule has 0 aliphatic heterocycles. The summed E-state index contributed by atoms with van der Waals surface area (Å²) in [6.45, 7) is -1.47. The second-order valence-corrected chi connectivity index (χ2v) is 3.44. The summed E-state index contributed by atoms with van der Waals surface area (Å²) in [5.74, 6) is -2.57. The number of hydrogen-bond acceptors (Lipinski definition) is 2. The number of nitrogens with zero attached hydrogens (tertiary/aromatic N) is 1. The van der Waals surface area contributed by atoms with Crippen LogP contribution in [0.4, 0.5) is 17.6 Å². The third-order valence-corrected chi connectivity index (χ3v) is 1.95. The van der Waals surface area contributed by atoms with Crippen molar-refractivity contribution >= 4 is 5.91 Å². The smallest absolute Gasteiger partial charge is 0.406 e. The second kappa shape index (κ2) is 4.60. The van der Waals surface area contributed by atoms with Gasteiger partial charge in [0.1, 0.15) is 18.1 Å². The summed E-state index contributed by atoms with van der Waals surface area (Å²) in [7, 11) is 0.919. The fraction of sp³-hybridized carbons (Fsp3) is 0.300. The molecule has 0 radical (unpaired) electrons. The molecule has 1 rings (SSSR count). The van der Waals surface area contributed by atoms with Gasteiger partial charge in [0.25, 0.3) is 5.91 Å². The largest absolute Gasteiger partial charge is 0.508 e. The van der Waals surface area contributed by atoms with Gasteiger partial charge >= 0.3 is 6.18 Å². The Balaban J connectivity index is 2.89. The topological polar surface area (TPSA) is 40.5 Å². The lowest BCUT2D eigenvalue weighted by molar-refractivity contribution is -0.138. The van der Waals surface area contributed by atoms with Gasteiger partial charge in [-0.1, -0.05) is 0 Å². The van der Waals surface area contributed by atoms with E-state index in [1.54, 1.807) is 0 Å². The molecule has 17 heavy (non-hydrogen) atoms.